The maximum absolute atomic E-state index is 6.15. The third-order valence-corrected chi connectivity index (χ3v) is 5.52. The maximum Gasteiger partial charge on any atom is 0.224 e. The topological polar surface area (TPSA) is 125 Å². The molecule has 1 aliphatic carbocycles. The molecular formula is C23H27N7O2. The van der Waals surface area contributed by atoms with Gasteiger partial charge in [-0.3, -0.25) is 9.99 Å². The van der Waals surface area contributed by atoms with Gasteiger partial charge in [-0.05, 0) is 31.0 Å². The average molecular weight is 434 g/mol. The number of aromatic nitrogens is 3. The van der Waals surface area contributed by atoms with Crippen molar-refractivity contribution < 1.29 is 9.47 Å². The largest absolute Gasteiger partial charge is 0.495 e. The lowest BCUT2D eigenvalue weighted by molar-refractivity contribution is 0.285. The van der Waals surface area contributed by atoms with Crippen LogP contribution in [0.25, 0.3) is 11.1 Å². The van der Waals surface area contributed by atoms with Crippen molar-refractivity contribution in [3.05, 3.63) is 65.9 Å². The summed E-state index contributed by atoms with van der Waals surface area (Å²) in [6.45, 7) is 2.42. The van der Waals surface area contributed by atoms with Crippen LogP contribution in [0, 0.1) is 12.8 Å². The number of benzene rings is 1. The van der Waals surface area contributed by atoms with Crippen LogP contribution < -0.4 is 21.2 Å². The van der Waals surface area contributed by atoms with E-state index >= 15 is 0 Å². The van der Waals surface area contributed by atoms with Crippen LogP contribution in [0.3, 0.4) is 0 Å². The molecule has 4 rings (SSSR count). The predicted octanol–water partition coefficient (Wildman–Crippen LogP) is 2.46. The fourth-order valence-corrected chi connectivity index (χ4v) is 3.64. The second-order valence-corrected chi connectivity index (χ2v) is 7.81. The quantitative estimate of drug-likeness (QED) is 0.252. The fraction of sp³-hybridized carbons (Fsp3) is 0.304. The van der Waals surface area contributed by atoms with Crippen LogP contribution in [0.4, 0.5) is 0 Å². The molecule has 9 heteroatoms. The summed E-state index contributed by atoms with van der Waals surface area (Å²) in [4.78, 5) is 13.4. The van der Waals surface area contributed by atoms with Gasteiger partial charge >= 0.3 is 0 Å². The number of methoxy groups -OCH3 is 1. The summed E-state index contributed by atoms with van der Waals surface area (Å²) < 4.78 is 11.3. The number of hydrogen-bond acceptors (Lipinski definition) is 8. The van der Waals surface area contributed by atoms with Crippen molar-refractivity contribution in [2.75, 3.05) is 20.8 Å². The smallest absolute Gasteiger partial charge is 0.224 e. The first kappa shape index (κ1) is 21.5. The molecule has 9 nitrogen and oxygen atoms in total. The standard InChI is InChI=1S/C23H27N7O2/c1-14-26-12-20(15-4-6-16(7-5-15)22(29-24)30(2)25)23(28-14)32-13-17-10-19(17)21-9-8-18(31-3)11-27-21/h4-9,11-12,17,19H,10,13,24-25H2,1-3H3/b29-22-. The normalized spacial score (nSPS) is 17.7. The second-order valence-electron chi connectivity index (χ2n) is 7.81. The number of rotatable bonds is 7. The van der Waals surface area contributed by atoms with Crippen LogP contribution in [-0.2, 0) is 0 Å². The van der Waals surface area contributed by atoms with E-state index in [1.54, 1.807) is 26.6 Å². The number of aryl methyl sites for hydroxylation is 1. The van der Waals surface area contributed by atoms with E-state index < -0.39 is 0 Å². The van der Waals surface area contributed by atoms with Crippen LogP contribution in [0.2, 0.25) is 0 Å². The third kappa shape index (κ3) is 4.62. The summed E-state index contributed by atoms with van der Waals surface area (Å²) in [6, 6.07) is 11.7. The Labute approximate surface area is 187 Å². The van der Waals surface area contributed by atoms with Gasteiger partial charge in [0.25, 0.3) is 0 Å². The Balaban J connectivity index is 1.47. The van der Waals surface area contributed by atoms with Gasteiger partial charge in [-0.1, -0.05) is 24.3 Å². The van der Waals surface area contributed by atoms with Crippen molar-refractivity contribution in [1.82, 2.24) is 20.0 Å². The number of amidine groups is 1. The molecule has 0 spiro atoms. The number of pyridine rings is 1. The van der Waals surface area contributed by atoms with Gasteiger partial charge in [-0.25, -0.2) is 10.8 Å². The van der Waals surface area contributed by atoms with Gasteiger partial charge in [0.1, 0.15) is 11.6 Å². The molecule has 0 amide bonds. The van der Waals surface area contributed by atoms with Crippen LogP contribution in [-0.4, -0.2) is 46.6 Å². The maximum atomic E-state index is 6.15. The van der Waals surface area contributed by atoms with Crippen molar-refractivity contribution in [2.45, 2.75) is 19.3 Å². The molecule has 3 aromatic rings. The predicted molar refractivity (Wildman–Crippen MR) is 122 cm³/mol. The Bertz CT molecular complexity index is 1100. The molecule has 2 atom stereocenters. The molecule has 0 bridgehead atoms. The molecule has 2 heterocycles. The Morgan fingerprint density at radius 2 is 1.94 bits per heavy atom. The highest BCUT2D eigenvalue weighted by Crippen LogP contribution is 2.47. The lowest BCUT2D eigenvalue weighted by Crippen LogP contribution is -2.34. The molecule has 166 valence electrons. The monoisotopic (exact) mass is 433 g/mol. The first-order valence-corrected chi connectivity index (χ1v) is 10.3. The third-order valence-electron chi connectivity index (χ3n) is 5.52. The lowest BCUT2D eigenvalue weighted by atomic mass is 10.1. The zero-order chi connectivity index (χ0) is 22.7. The van der Waals surface area contributed by atoms with Gasteiger partial charge in [0, 0.05) is 36.3 Å². The number of hydrogen-bond donors (Lipinski definition) is 2. The minimum atomic E-state index is 0.397. The van der Waals surface area contributed by atoms with Crippen molar-refractivity contribution in [2.24, 2.45) is 22.7 Å². The summed E-state index contributed by atoms with van der Waals surface area (Å²) in [5.41, 5.74) is 3.64. The minimum absolute atomic E-state index is 0.397. The second kappa shape index (κ2) is 9.19. The van der Waals surface area contributed by atoms with Gasteiger partial charge in [0.05, 0.1) is 25.5 Å². The lowest BCUT2D eigenvalue weighted by Gasteiger charge is -2.15. The first-order chi connectivity index (χ1) is 15.5. The highest BCUT2D eigenvalue weighted by Gasteiger charge is 2.40. The molecule has 0 saturated heterocycles. The first-order valence-electron chi connectivity index (χ1n) is 10.3. The van der Waals surface area contributed by atoms with E-state index in [0.29, 0.717) is 36.0 Å². The Hall–Kier alpha value is -3.72. The van der Waals surface area contributed by atoms with Crippen molar-refractivity contribution in [3.63, 3.8) is 0 Å². The molecule has 1 aliphatic rings. The van der Waals surface area contributed by atoms with Gasteiger partial charge in [0.2, 0.25) is 5.88 Å². The van der Waals surface area contributed by atoms with E-state index in [-0.39, 0.29) is 0 Å². The highest BCUT2D eigenvalue weighted by molar-refractivity contribution is 5.98. The van der Waals surface area contributed by atoms with Crippen molar-refractivity contribution >= 4 is 5.84 Å². The van der Waals surface area contributed by atoms with Crippen molar-refractivity contribution in [1.29, 1.82) is 0 Å². The van der Waals surface area contributed by atoms with E-state index in [4.69, 9.17) is 21.2 Å². The van der Waals surface area contributed by atoms with E-state index in [1.807, 2.05) is 43.3 Å². The van der Waals surface area contributed by atoms with Crippen LogP contribution in [0.1, 0.15) is 29.4 Å². The number of ether oxygens (including phenoxy) is 2. The average Bonchev–Trinajstić information content (AvgIpc) is 3.58. The fourth-order valence-electron chi connectivity index (χ4n) is 3.64. The van der Waals surface area contributed by atoms with E-state index in [9.17, 15) is 0 Å². The Morgan fingerprint density at radius 1 is 1.16 bits per heavy atom. The van der Waals surface area contributed by atoms with Gasteiger partial charge < -0.3 is 15.3 Å². The molecule has 2 aromatic heterocycles. The van der Waals surface area contributed by atoms with Crippen molar-refractivity contribution in [3.8, 4) is 22.8 Å². The van der Waals surface area contributed by atoms with E-state index in [0.717, 1.165) is 34.6 Å². The van der Waals surface area contributed by atoms with Crippen LogP contribution in [0.5, 0.6) is 11.6 Å². The summed E-state index contributed by atoms with van der Waals surface area (Å²) >= 11 is 0. The zero-order valence-corrected chi connectivity index (χ0v) is 18.4. The number of nitrogens with two attached hydrogens (primary N) is 2. The number of hydrazone groups is 1. The molecule has 2 unspecified atom stereocenters. The molecule has 4 N–H and O–H groups in total. The SMILES string of the molecule is COc1ccc(C2CC2COc2nc(C)ncc2-c2ccc(/C(=N/N)N(C)N)cc2)nc1. The molecule has 1 aromatic carbocycles. The Morgan fingerprint density at radius 3 is 2.56 bits per heavy atom. The highest BCUT2D eigenvalue weighted by atomic mass is 16.5. The summed E-state index contributed by atoms with van der Waals surface area (Å²) in [7, 11) is 3.33. The van der Waals surface area contributed by atoms with E-state index in [2.05, 4.69) is 20.1 Å². The van der Waals surface area contributed by atoms with Gasteiger partial charge in [0.15, 0.2) is 5.84 Å². The van der Waals surface area contributed by atoms with E-state index in [1.165, 1.54) is 5.01 Å². The summed E-state index contributed by atoms with van der Waals surface area (Å²) in [6.07, 6.45) is 4.58. The molecule has 0 radical (unpaired) electrons. The zero-order valence-electron chi connectivity index (χ0n) is 18.4. The van der Waals surface area contributed by atoms with Gasteiger partial charge in [-0.15, -0.1) is 0 Å². The molecule has 32 heavy (non-hydrogen) atoms. The molecular weight excluding hydrogens is 406 g/mol. The Kier molecular flexibility index (Phi) is 6.18. The molecule has 1 saturated carbocycles. The number of nitrogens with zero attached hydrogens (tertiary/aromatic N) is 5. The van der Waals surface area contributed by atoms with Crippen LogP contribution in [0.15, 0.2) is 53.9 Å². The summed E-state index contributed by atoms with van der Waals surface area (Å²) in [5, 5.41) is 5.12. The molecule has 0 aliphatic heterocycles. The summed E-state index contributed by atoms with van der Waals surface area (Å²) in [5.74, 6) is 14.5. The van der Waals surface area contributed by atoms with Gasteiger partial charge in [-0.2, -0.15) is 10.1 Å². The minimum Gasteiger partial charge on any atom is -0.495 e. The van der Waals surface area contributed by atoms with Crippen LogP contribution >= 0.6 is 0 Å². The number of hydrazine groups is 1. The molecule has 1 fully saturated rings.